The van der Waals surface area contributed by atoms with Gasteiger partial charge in [-0.1, -0.05) is 39.8 Å². The zero-order chi connectivity index (χ0) is 24.1. The number of benzene rings is 1. The minimum Gasteiger partial charge on any atom is -0.466 e. The van der Waals surface area contributed by atoms with Crippen molar-refractivity contribution in [1.29, 1.82) is 0 Å². The number of aromatic nitrogens is 1. The molecule has 4 nitrogen and oxygen atoms in total. The summed E-state index contributed by atoms with van der Waals surface area (Å²) in [6.45, 7) is 15.2. The molecular weight excluding hydrogens is 440 g/mol. The molecular formula is C29H40N2O2S. The lowest BCUT2D eigenvalue weighted by molar-refractivity contribution is -0.145. The van der Waals surface area contributed by atoms with E-state index in [9.17, 15) is 4.79 Å². The van der Waals surface area contributed by atoms with Crippen LogP contribution in [0.15, 0.2) is 23.6 Å². The normalized spacial score (nSPS) is 26.1. The summed E-state index contributed by atoms with van der Waals surface area (Å²) in [7, 11) is 0. The monoisotopic (exact) mass is 480 g/mol. The van der Waals surface area contributed by atoms with Crippen molar-refractivity contribution >= 4 is 17.3 Å². The summed E-state index contributed by atoms with van der Waals surface area (Å²) in [5.74, 6) is 1.21. The number of carbonyl (C=O) groups is 1. The topological polar surface area (TPSA) is 42.4 Å². The molecule has 1 aliphatic heterocycles. The van der Waals surface area contributed by atoms with Gasteiger partial charge in [0.25, 0.3) is 0 Å². The van der Waals surface area contributed by atoms with Crippen LogP contribution in [0.3, 0.4) is 0 Å². The first kappa shape index (κ1) is 24.0. The van der Waals surface area contributed by atoms with Gasteiger partial charge in [-0.05, 0) is 86.1 Å². The molecule has 184 valence electrons. The van der Waals surface area contributed by atoms with Crippen molar-refractivity contribution in [2.75, 3.05) is 26.2 Å². The predicted molar refractivity (Wildman–Crippen MR) is 139 cm³/mol. The molecule has 5 heteroatoms. The molecule has 0 N–H and O–H groups in total. The maximum atomic E-state index is 11.9. The summed E-state index contributed by atoms with van der Waals surface area (Å²) in [6, 6.07) is 7.08. The largest absolute Gasteiger partial charge is 0.466 e. The fraction of sp³-hybridized carbons (Fsp3) is 0.655. The van der Waals surface area contributed by atoms with Gasteiger partial charge < -0.3 is 9.64 Å². The van der Waals surface area contributed by atoms with Gasteiger partial charge in [0.2, 0.25) is 0 Å². The van der Waals surface area contributed by atoms with Gasteiger partial charge in [0, 0.05) is 23.4 Å². The summed E-state index contributed by atoms with van der Waals surface area (Å²) in [4.78, 5) is 19.6. The summed E-state index contributed by atoms with van der Waals surface area (Å²) >= 11 is 1.83. The van der Waals surface area contributed by atoms with E-state index < -0.39 is 0 Å². The van der Waals surface area contributed by atoms with Crippen LogP contribution >= 0.6 is 11.3 Å². The molecule has 2 heterocycles. The van der Waals surface area contributed by atoms with Crippen molar-refractivity contribution in [1.82, 2.24) is 9.88 Å². The molecule has 0 radical (unpaired) electrons. The number of hydrogen-bond donors (Lipinski definition) is 0. The van der Waals surface area contributed by atoms with E-state index in [-0.39, 0.29) is 22.7 Å². The van der Waals surface area contributed by atoms with E-state index in [4.69, 9.17) is 9.72 Å². The highest BCUT2D eigenvalue weighted by Gasteiger charge is 2.45. The zero-order valence-corrected chi connectivity index (χ0v) is 22.3. The third-order valence-electron chi connectivity index (χ3n) is 8.61. The van der Waals surface area contributed by atoms with Gasteiger partial charge in [0.05, 0.1) is 23.2 Å². The number of nitrogens with zero attached hydrogens (tertiary/aromatic N) is 2. The Bertz CT molecular complexity index is 1050. The molecule has 0 amide bonds. The van der Waals surface area contributed by atoms with E-state index in [1.54, 1.807) is 0 Å². The number of rotatable bonds is 6. The second-order valence-electron chi connectivity index (χ2n) is 12.0. The maximum absolute atomic E-state index is 11.9. The van der Waals surface area contributed by atoms with E-state index in [0.717, 1.165) is 44.6 Å². The molecule has 2 aromatic rings. The summed E-state index contributed by atoms with van der Waals surface area (Å²) in [5, 5.41) is 3.56. The summed E-state index contributed by atoms with van der Waals surface area (Å²) in [6.07, 6.45) is 5.81. The van der Waals surface area contributed by atoms with Crippen LogP contribution in [0.2, 0.25) is 0 Å². The predicted octanol–water partition coefficient (Wildman–Crippen LogP) is 6.54. The van der Waals surface area contributed by atoms with Crippen molar-refractivity contribution in [3.63, 3.8) is 0 Å². The fourth-order valence-electron chi connectivity index (χ4n) is 6.04. The number of thiazole rings is 1. The SMILES string of the molecule is CCOC(=O)C1CC1CN1CCC(c2nc(-c3ccc4c(c3)C(C)(C)CCC4(C)C)cs2)CC1. The number of fused-ring (bicyclic) bond motifs is 1. The Balaban J connectivity index is 1.22. The molecule has 1 saturated carbocycles. The average Bonchev–Trinajstić information content (AvgIpc) is 3.40. The third-order valence-corrected chi connectivity index (χ3v) is 9.62. The first-order valence-corrected chi connectivity index (χ1v) is 14.1. The van der Waals surface area contributed by atoms with Gasteiger partial charge in [-0.25, -0.2) is 4.98 Å². The number of carbonyl (C=O) groups excluding carboxylic acids is 1. The van der Waals surface area contributed by atoms with Crippen LogP contribution in [0.4, 0.5) is 0 Å². The van der Waals surface area contributed by atoms with Gasteiger partial charge in [0.15, 0.2) is 0 Å². The minimum atomic E-state index is 0.00632. The number of piperidine rings is 1. The lowest BCUT2D eigenvalue weighted by atomic mass is 9.63. The highest BCUT2D eigenvalue weighted by Crippen LogP contribution is 2.47. The molecule has 1 aromatic heterocycles. The molecule has 3 aliphatic rings. The molecule has 0 bridgehead atoms. The Morgan fingerprint density at radius 3 is 2.53 bits per heavy atom. The van der Waals surface area contributed by atoms with Gasteiger partial charge in [-0.3, -0.25) is 4.79 Å². The number of likely N-dealkylation sites (tertiary alicyclic amines) is 1. The third kappa shape index (κ3) is 4.70. The second-order valence-corrected chi connectivity index (χ2v) is 12.9. The number of esters is 1. The van der Waals surface area contributed by atoms with Crippen LogP contribution in [-0.4, -0.2) is 42.1 Å². The summed E-state index contributed by atoms with van der Waals surface area (Å²) in [5.41, 5.74) is 5.89. The van der Waals surface area contributed by atoms with Gasteiger partial charge in [0.1, 0.15) is 0 Å². The van der Waals surface area contributed by atoms with Crippen LogP contribution in [-0.2, 0) is 20.4 Å². The number of ether oxygens (including phenoxy) is 1. The van der Waals surface area contributed by atoms with E-state index in [1.165, 1.54) is 34.5 Å². The molecule has 1 saturated heterocycles. The molecule has 2 atom stereocenters. The molecule has 0 spiro atoms. The van der Waals surface area contributed by atoms with E-state index in [0.29, 0.717) is 18.4 Å². The fourth-order valence-corrected chi connectivity index (χ4v) is 7.04. The summed E-state index contributed by atoms with van der Waals surface area (Å²) < 4.78 is 5.19. The van der Waals surface area contributed by atoms with Gasteiger partial charge in [-0.15, -0.1) is 11.3 Å². The highest BCUT2D eigenvalue weighted by atomic mass is 32.1. The average molecular weight is 481 g/mol. The molecule has 1 aromatic carbocycles. The Kier molecular flexibility index (Phi) is 6.39. The molecule has 2 aliphatic carbocycles. The van der Waals surface area contributed by atoms with Crippen molar-refractivity contribution in [3.05, 3.63) is 39.7 Å². The molecule has 34 heavy (non-hydrogen) atoms. The van der Waals surface area contributed by atoms with Crippen molar-refractivity contribution < 1.29 is 9.53 Å². The van der Waals surface area contributed by atoms with Crippen LogP contribution in [0.5, 0.6) is 0 Å². The smallest absolute Gasteiger partial charge is 0.309 e. The van der Waals surface area contributed by atoms with E-state index >= 15 is 0 Å². The first-order valence-electron chi connectivity index (χ1n) is 13.2. The maximum Gasteiger partial charge on any atom is 0.309 e. The Morgan fingerprint density at radius 1 is 1.12 bits per heavy atom. The van der Waals surface area contributed by atoms with Crippen molar-refractivity contribution in [2.45, 2.75) is 83.5 Å². The van der Waals surface area contributed by atoms with Gasteiger partial charge in [-0.2, -0.15) is 0 Å². The second kappa shape index (κ2) is 9.05. The van der Waals surface area contributed by atoms with Crippen molar-refractivity contribution in [2.24, 2.45) is 11.8 Å². The van der Waals surface area contributed by atoms with Crippen LogP contribution in [0, 0.1) is 11.8 Å². The van der Waals surface area contributed by atoms with Crippen LogP contribution in [0.25, 0.3) is 11.3 Å². The van der Waals surface area contributed by atoms with Gasteiger partial charge >= 0.3 is 5.97 Å². The van der Waals surface area contributed by atoms with Crippen LogP contribution in [0.1, 0.15) is 88.8 Å². The highest BCUT2D eigenvalue weighted by molar-refractivity contribution is 7.10. The lowest BCUT2D eigenvalue weighted by Crippen LogP contribution is -2.35. The van der Waals surface area contributed by atoms with Crippen LogP contribution < -0.4 is 0 Å². The molecule has 5 rings (SSSR count). The zero-order valence-electron chi connectivity index (χ0n) is 21.5. The first-order chi connectivity index (χ1) is 16.2. The van der Waals surface area contributed by atoms with Crippen molar-refractivity contribution in [3.8, 4) is 11.3 Å². The van der Waals surface area contributed by atoms with E-state index in [2.05, 4.69) is 56.2 Å². The Morgan fingerprint density at radius 2 is 1.82 bits per heavy atom. The minimum absolute atomic E-state index is 0.00632. The standard InChI is InChI=1S/C29H40N2O2S/c1-6-33-27(32)22-15-21(22)17-31-13-9-19(10-14-31)26-30-25(18-34-26)20-7-8-23-24(16-20)29(4,5)12-11-28(23,2)3/h7-8,16,18-19,21-22H,6,9-15,17H2,1-5H3. The Hall–Kier alpha value is -1.72. The lowest BCUT2D eigenvalue weighted by Gasteiger charge is -2.42. The number of hydrogen-bond acceptors (Lipinski definition) is 5. The molecule has 2 fully saturated rings. The van der Waals surface area contributed by atoms with E-state index in [1.807, 2.05) is 18.3 Å². The molecule has 2 unspecified atom stereocenters. The quantitative estimate of drug-likeness (QED) is 0.440. The Labute approximate surface area is 209 Å².